The molecule has 112 valence electrons. The average molecular weight is 284 g/mol. The Morgan fingerprint density at radius 2 is 2.05 bits per heavy atom. The summed E-state index contributed by atoms with van der Waals surface area (Å²) >= 11 is 0. The van der Waals surface area contributed by atoms with Crippen LogP contribution in [0, 0.1) is 11.3 Å². The van der Waals surface area contributed by atoms with Gasteiger partial charge in [-0.05, 0) is 18.6 Å². The Morgan fingerprint density at radius 1 is 1.29 bits per heavy atom. The SMILES string of the molecule is CCC12CN3CCN(CC(C3)C1N=Cc1ccccn1)C2. The molecule has 1 aromatic heterocycles. The van der Waals surface area contributed by atoms with Crippen molar-refractivity contribution in [2.75, 3.05) is 39.3 Å². The van der Waals surface area contributed by atoms with E-state index in [0.29, 0.717) is 17.4 Å². The molecule has 0 spiro atoms. The molecular formula is C17H24N4. The summed E-state index contributed by atoms with van der Waals surface area (Å²) < 4.78 is 0. The molecule has 4 saturated heterocycles. The Balaban J connectivity index is 1.63. The van der Waals surface area contributed by atoms with Crippen molar-refractivity contribution in [2.24, 2.45) is 16.3 Å². The van der Waals surface area contributed by atoms with E-state index in [1.54, 1.807) is 0 Å². The fraction of sp³-hybridized carbons (Fsp3) is 0.647. The zero-order valence-corrected chi connectivity index (χ0v) is 12.8. The minimum atomic E-state index is 0.350. The fourth-order valence-electron chi connectivity index (χ4n) is 4.62. The smallest absolute Gasteiger partial charge is 0.0807 e. The van der Waals surface area contributed by atoms with E-state index in [9.17, 15) is 0 Å². The van der Waals surface area contributed by atoms with Crippen LogP contribution < -0.4 is 0 Å². The lowest BCUT2D eigenvalue weighted by Crippen LogP contribution is -2.62. The number of fused-ring (bicyclic) bond motifs is 1. The second kappa shape index (κ2) is 5.18. The molecule has 5 heterocycles. The molecule has 4 aliphatic rings. The van der Waals surface area contributed by atoms with Crippen molar-refractivity contribution < 1.29 is 0 Å². The van der Waals surface area contributed by atoms with Gasteiger partial charge in [-0.1, -0.05) is 13.0 Å². The first-order valence-corrected chi connectivity index (χ1v) is 8.18. The van der Waals surface area contributed by atoms with E-state index in [-0.39, 0.29) is 0 Å². The molecular weight excluding hydrogens is 260 g/mol. The minimum Gasteiger partial charge on any atom is -0.301 e. The third kappa shape index (κ3) is 2.30. The molecule has 0 aliphatic carbocycles. The van der Waals surface area contributed by atoms with Gasteiger partial charge in [0, 0.05) is 63.0 Å². The van der Waals surface area contributed by atoms with Crippen molar-refractivity contribution in [3.63, 3.8) is 0 Å². The van der Waals surface area contributed by atoms with Crippen molar-refractivity contribution in [1.29, 1.82) is 0 Å². The van der Waals surface area contributed by atoms with Crippen LogP contribution >= 0.6 is 0 Å². The molecule has 5 rings (SSSR count). The van der Waals surface area contributed by atoms with Crippen molar-refractivity contribution in [3.8, 4) is 0 Å². The number of aliphatic imine (C=N–C) groups is 1. The summed E-state index contributed by atoms with van der Waals surface area (Å²) in [5, 5.41) is 0. The number of piperidine rings is 2. The Labute approximate surface area is 126 Å². The number of nitrogens with zero attached hydrogens (tertiary/aromatic N) is 4. The zero-order chi connectivity index (χ0) is 14.3. The molecule has 3 atom stereocenters. The van der Waals surface area contributed by atoms with E-state index in [0.717, 1.165) is 5.69 Å². The van der Waals surface area contributed by atoms with Crippen LogP contribution in [0.4, 0.5) is 0 Å². The second-order valence-electron chi connectivity index (χ2n) is 6.92. The van der Waals surface area contributed by atoms with Crippen LogP contribution in [0.1, 0.15) is 19.0 Å². The maximum Gasteiger partial charge on any atom is 0.0807 e. The number of hydrogen-bond acceptors (Lipinski definition) is 4. The van der Waals surface area contributed by atoms with Gasteiger partial charge in [0.2, 0.25) is 0 Å². The average Bonchev–Trinajstić information content (AvgIpc) is 2.76. The third-order valence-corrected chi connectivity index (χ3v) is 5.63. The molecule has 3 unspecified atom stereocenters. The Morgan fingerprint density at radius 3 is 2.67 bits per heavy atom. The molecule has 4 aliphatic heterocycles. The van der Waals surface area contributed by atoms with E-state index in [1.807, 2.05) is 30.6 Å². The van der Waals surface area contributed by atoms with Crippen LogP contribution in [-0.4, -0.2) is 66.3 Å². The van der Waals surface area contributed by atoms with Gasteiger partial charge in [0.05, 0.1) is 11.7 Å². The number of pyridine rings is 1. The summed E-state index contributed by atoms with van der Waals surface area (Å²) in [6, 6.07) is 6.49. The summed E-state index contributed by atoms with van der Waals surface area (Å²) in [5.41, 5.74) is 1.33. The summed E-state index contributed by atoms with van der Waals surface area (Å²) in [7, 11) is 0. The van der Waals surface area contributed by atoms with Gasteiger partial charge in [-0.3, -0.25) is 9.98 Å². The molecule has 4 heteroatoms. The van der Waals surface area contributed by atoms with Gasteiger partial charge in [0.1, 0.15) is 0 Å². The predicted octanol–water partition coefficient (Wildman–Crippen LogP) is 1.53. The van der Waals surface area contributed by atoms with E-state index in [4.69, 9.17) is 4.99 Å². The molecule has 4 nitrogen and oxygen atoms in total. The number of hydrogen-bond donors (Lipinski definition) is 0. The Hall–Kier alpha value is -1.26. The summed E-state index contributed by atoms with van der Waals surface area (Å²) in [6.07, 6.45) is 5.07. The van der Waals surface area contributed by atoms with Crippen molar-refractivity contribution >= 4 is 6.21 Å². The first-order valence-electron chi connectivity index (χ1n) is 8.18. The Bertz CT molecular complexity index is 511. The normalized spacial score (nSPS) is 41.6. The first kappa shape index (κ1) is 13.4. The van der Waals surface area contributed by atoms with Gasteiger partial charge in [-0.25, -0.2) is 0 Å². The highest BCUT2D eigenvalue weighted by atomic mass is 15.3. The van der Waals surface area contributed by atoms with E-state index >= 15 is 0 Å². The molecule has 0 amide bonds. The van der Waals surface area contributed by atoms with Crippen LogP contribution in [-0.2, 0) is 0 Å². The molecule has 4 fully saturated rings. The van der Waals surface area contributed by atoms with Gasteiger partial charge in [-0.15, -0.1) is 0 Å². The molecule has 0 aromatic carbocycles. The standard InChI is InChI=1S/C17H24N4/c1-2-17-12-20-7-8-21(13-17)11-14(10-20)16(17)19-9-15-5-3-4-6-18-15/h3-6,9,14,16H,2,7-8,10-13H2,1H3. The molecule has 1 aromatic rings. The molecule has 4 bridgehead atoms. The second-order valence-corrected chi connectivity index (χ2v) is 6.92. The fourth-order valence-corrected chi connectivity index (χ4v) is 4.62. The topological polar surface area (TPSA) is 31.7 Å². The lowest BCUT2D eigenvalue weighted by molar-refractivity contribution is -0.0176. The quantitative estimate of drug-likeness (QED) is 0.789. The van der Waals surface area contributed by atoms with E-state index in [1.165, 1.54) is 45.7 Å². The van der Waals surface area contributed by atoms with Crippen molar-refractivity contribution in [2.45, 2.75) is 19.4 Å². The monoisotopic (exact) mass is 284 g/mol. The minimum absolute atomic E-state index is 0.350. The van der Waals surface area contributed by atoms with E-state index in [2.05, 4.69) is 21.7 Å². The van der Waals surface area contributed by atoms with E-state index < -0.39 is 0 Å². The first-order chi connectivity index (χ1) is 10.3. The van der Waals surface area contributed by atoms with Gasteiger partial charge in [0.25, 0.3) is 0 Å². The van der Waals surface area contributed by atoms with Crippen LogP contribution in [0.15, 0.2) is 29.4 Å². The molecule has 0 N–H and O–H groups in total. The predicted molar refractivity (Wildman–Crippen MR) is 84.7 cm³/mol. The third-order valence-electron chi connectivity index (χ3n) is 5.63. The lowest BCUT2D eigenvalue weighted by atomic mass is 9.67. The summed E-state index contributed by atoms with van der Waals surface area (Å²) in [4.78, 5) is 14.8. The maximum atomic E-state index is 5.04. The highest BCUT2D eigenvalue weighted by Crippen LogP contribution is 2.44. The Kier molecular flexibility index (Phi) is 3.31. The molecule has 0 radical (unpaired) electrons. The summed E-state index contributed by atoms with van der Waals surface area (Å²) in [6.45, 7) is 9.73. The highest BCUT2D eigenvalue weighted by molar-refractivity contribution is 5.76. The van der Waals surface area contributed by atoms with Crippen LogP contribution in [0.2, 0.25) is 0 Å². The zero-order valence-electron chi connectivity index (χ0n) is 12.8. The van der Waals surface area contributed by atoms with Crippen molar-refractivity contribution in [3.05, 3.63) is 30.1 Å². The summed E-state index contributed by atoms with van der Waals surface area (Å²) in [5.74, 6) is 0.690. The maximum absolute atomic E-state index is 5.04. The number of aromatic nitrogens is 1. The van der Waals surface area contributed by atoms with Gasteiger partial charge in [0.15, 0.2) is 0 Å². The van der Waals surface area contributed by atoms with Gasteiger partial charge < -0.3 is 9.80 Å². The van der Waals surface area contributed by atoms with Crippen molar-refractivity contribution in [1.82, 2.24) is 14.8 Å². The molecule has 0 saturated carbocycles. The largest absolute Gasteiger partial charge is 0.301 e. The molecule has 21 heavy (non-hydrogen) atoms. The van der Waals surface area contributed by atoms with Crippen LogP contribution in [0.3, 0.4) is 0 Å². The van der Waals surface area contributed by atoms with Gasteiger partial charge in [-0.2, -0.15) is 0 Å². The van der Waals surface area contributed by atoms with Gasteiger partial charge >= 0.3 is 0 Å². The van der Waals surface area contributed by atoms with Crippen LogP contribution in [0.5, 0.6) is 0 Å². The van der Waals surface area contributed by atoms with Crippen LogP contribution in [0.25, 0.3) is 0 Å². The highest BCUT2D eigenvalue weighted by Gasteiger charge is 2.53. The number of rotatable bonds is 3. The lowest BCUT2D eigenvalue weighted by Gasteiger charge is -2.53.